The van der Waals surface area contributed by atoms with E-state index in [1.165, 1.54) is 18.0 Å². The Morgan fingerprint density at radius 2 is 2.05 bits per heavy atom. The number of aryl methyl sites for hydroxylation is 1. The molecule has 1 fully saturated rings. The van der Waals surface area contributed by atoms with Crippen LogP contribution in [0, 0.1) is 6.92 Å². The van der Waals surface area contributed by atoms with Crippen LogP contribution >= 0.6 is 11.5 Å². The van der Waals surface area contributed by atoms with Gasteiger partial charge in [0, 0.05) is 0 Å². The van der Waals surface area contributed by atoms with Crippen molar-refractivity contribution in [2.45, 2.75) is 51.2 Å². The Bertz CT molecular complexity index is 650. The number of hydrogen-bond acceptors (Lipinski definition) is 3. The maximum atomic E-state index is 12.4. The molecular formula is C15H19NO2S. The molecule has 1 aliphatic rings. The van der Waals surface area contributed by atoms with Crippen LogP contribution < -0.4 is 5.56 Å². The van der Waals surface area contributed by atoms with E-state index in [-0.39, 0.29) is 5.56 Å². The summed E-state index contributed by atoms with van der Waals surface area (Å²) in [6.45, 7) is 2.47. The molecule has 0 amide bonds. The normalized spacial score (nSPS) is 18.8. The largest absolute Gasteiger partial charge is 0.388 e. The summed E-state index contributed by atoms with van der Waals surface area (Å²) in [5, 5.41) is 11.4. The summed E-state index contributed by atoms with van der Waals surface area (Å²) >= 11 is 1.49. The van der Waals surface area contributed by atoms with E-state index < -0.39 is 5.60 Å². The van der Waals surface area contributed by atoms with E-state index >= 15 is 0 Å². The second-order valence-electron chi connectivity index (χ2n) is 5.67. The van der Waals surface area contributed by atoms with E-state index in [4.69, 9.17) is 0 Å². The highest BCUT2D eigenvalue weighted by Crippen LogP contribution is 2.30. The fraction of sp³-hybridized carbons (Fsp3) is 0.533. The van der Waals surface area contributed by atoms with Gasteiger partial charge in [0.2, 0.25) is 0 Å². The SMILES string of the molecule is Cc1cccc2c(=O)n(CC3(O)CCCCC3)sc12. The van der Waals surface area contributed by atoms with Gasteiger partial charge in [-0.25, -0.2) is 0 Å². The third kappa shape index (κ3) is 2.35. The van der Waals surface area contributed by atoms with Gasteiger partial charge in [0.05, 0.1) is 22.2 Å². The maximum absolute atomic E-state index is 12.4. The molecule has 2 aromatic rings. The van der Waals surface area contributed by atoms with Crippen LogP contribution in [-0.2, 0) is 6.54 Å². The van der Waals surface area contributed by atoms with Crippen LogP contribution in [0.15, 0.2) is 23.0 Å². The van der Waals surface area contributed by atoms with Crippen molar-refractivity contribution in [3.63, 3.8) is 0 Å². The van der Waals surface area contributed by atoms with E-state index in [0.29, 0.717) is 6.54 Å². The average Bonchev–Trinajstić information content (AvgIpc) is 2.69. The molecule has 1 aromatic heterocycles. The van der Waals surface area contributed by atoms with Crippen LogP contribution in [0.2, 0.25) is 0 Å². The number of rotatable bonds is 2. The lowest BCUT2D eigenvalue weighted by Crippen LogP contribution is -2.38. The van der Waals surface area contributed by atoms with Crippen LogP contribution in [0.5, 0.6) is 0 Å². The van der Waals surface area contributed by atoms with Crippen LogP contribution in [0.1, 0.15) is 37.7 Å². The molecular weight excluding hydrogens is 258 g/mol. The summed E-state index contributed by atoms with van der Waals surface area (Å²) in [7, 11) is 0. The summed E-state index contributed by atoms with van der Waals surface area (Å²) in [6.07, 6.45) is 4.95. The van der Waals surface area contributed by atoms with Crippen molar-refractivity contribution in [3.05, 3.63) is 34.1 Å². The lowest BCUT2D eigenvalue weighted by atomic mass is 9.85. The topological polar surface area (TPSA) is 42.2 Å². The second-order valence-corrected chi connectivity index (χ2v) is 6.70. The van der Waals surface area contributed by atoms with Crippen molar-refractivity contribution < 1.29 is 5.11 Å². The lowest BCUT2D eigenvalue weighted by molar-refractivity contribution is -0.00960. The van der Waals surface area contributed by atoms with Gasteiger partial charge >= 0.3 is 0 Å². The summed E-state index contributed by atoms with van der Waals surface area (Å²) in [4.78, 5) is 12.4. The lowest BCUT2D eigenvalue weighted by Gasteiger charge is -2.31. The number of aromatic nitrogens is 1. The smallest absolute Gasteiger partial charge is 0.268 e. The van der Waals surface area contributed by atoms with Gasteiger partial charge in [-0.05, 0) is 31.4 Å². The molecule has 102 valence electrons. The minimum Gasteiger partial charge on any atom is -0.388 e. The molecule has 0 aliphatic heterocycles. The van der Waals surface area contributed by atoms with Crippen molar-refractivity contribution in [2.75, 3.05) is 0 Å². The van der Waals surface area contributed by atoms with E-state index in [2.05, 4.69) is 0 Å². The summed E-state index contributed by atoms with van der Waals surface area (Å²) in [5.41, 5.74) is 0.494. The van der Waals surface area contributed by atoms with Crippen molar-refractivity contribution in [3.8, 4) is 0 Å². The van der Waals surface area contributed by atoms with Gasteiger partial charge in [-0.2, -0.15) is 0 Å². The first-order chi connectivity index (χ1) is 9.09. The van der Waals surface area contributed by atoms with Crippen molar-refractivity contribution >= 4 is 21.6 Å². The van der Waals surface area contributed by atoms with E-state index in [1.54, 1.807) is 3.96 Å². The van der Waals surface area contributed by atoms with Crippen LogP contribution in [0.3, 0.4) is 0 Å². The van der Waals surface area contributed by atoms with Crippen molar-refractivity contribution in [1.29, 1.82) is 0 Å². The number of benzene rings is 1. The molecule has 1 aliphatic carbocycles. The maximum Gasteiger partial charge on any atom is 0.268 e. The Kier molecular flexibility index (Phi) is 3.23. The predicted octanol–water partition coefficient (Wildman–Crippen LogP) is 3.07. The van der Waals surface area contributed by atoms with E-state index in [0.717, 1.165) is 41.3 Å². The molecule has 0 radical (unpaired) electrons. The molecule has 1 saturated carbocycles. The fourth-order valence-corrected chi connectivity index (χ4v) is 4.14. The summed E-state index contributed by atoms with van der Waals surface area (Å²) < 4.78 is 2.79. The number of aliphatic hydroxyl groups is 1. The number of nitrogens with zero attached hydrogens (tertiary/aromatic N) is 1. The van der Waals surface area contributed by atoms with Gasteiger partial charge in [0.15, 0.2) is 0 Å². The third-order valence-electron chi connectivity index (χ3n) is 4.09. The Labute approximate surface area is 116 Å². The van der Waals surface area contributed by atoms with E-state index in [9.17, 15) is 9.90 Å². The molecule has 1 N–H and O–H groups in total. The minimum atomic E-state index is -0.684. The Hall–Kier alpha value is -1.13. The van der Waals surface area contributed by atoms with Gasteiger partial charge in [-0.3, -0.25) is 8.75 Å². The van der Waals surface area contributed by atoms with Gasteiger partial charge in [0.1, 0.15) is 0 Å². The Morgan fingerprint density at radius 1 is 1.32 bits per heavy atom. The van der Waals surface area contributed by atoms with Gasteiger partial charge in [-0.15, -0.1) is 0 Å². The Morgan fingerprint density at radius 3 is 2.74 bits per heavy atom. The van der Waals surface area contributed by atoms with Gasteiger partial charge < -0.3 is 5.11 Å². The molecule has 0 saturated heterocycles. The quantitative estimate of drug-likeness (QED) is 0.916. The average molecular weight is 277 g/mol. The molecule has 1 aromatic carbocycles. The first kappa shape index (κ1) is 12.9. The molecule has 0 atom stereocenters. The van der Waals surface area contributed by atoms with Crippen molar-refractivity contribution in [1.82, 2.24) is 3.96 Å². The van der Waals surface area contributed by atoms with Gasteiger partial charge in [-0.1, -0.05) is 42.9 Å². The fourth-order valence-electron chi connectivity index (χ4n) is 2.97. The minimum absolute atomic E-state index is 0.0442. The summed E-state index contributed by atoms with van der Waals surface area (Å²) in [6, 6.07) is 5.83. The van der Waals surface area contributed by atoms with E-state index in [1.807, 2.05) is 25.1 Å². The Balaban J connectivity index is 1.99. The highest BCUT2D eigenvalue weighted by atomic mass is 32.1. The zero-order chi connectivity index (χ0) is 13.5. The molecule has 3 rings (SSSR count). The van der Waals surface area contributed by atoms with Crippen LogP contribution in [-0.4, -0.2) is 14.7 Å². The first-order valence-electron chi connectivity index (χ1n) is 6.91. The molecule has 19 heavy (non-hydrogen) atoms. The second kappa shape index (κ2) is 4.76. The number of fused-ring (bicyclic) bond motifs is 1. The van der Waals surface area contributed by atoms with Crippen molar-refractivity contribution in [2.24, 2.45) is 0 Å². The molecule has 1 heterocycles. The molecule has 4 heteroatoms. The predicted molar refractivity (Wildman–Crippen MR) is 78.9 cm³/mol. The zero-order valence-electron chi connectivity index (χ0n) is 11.2. The van der Waals surface area contributed by atoms with Crippen LogP contribution in [0.4, 0.5) is 0 Å². The third-order valence-corrected chi connectivity index (χ3v) is 5.33. The molecule has 3 nitrogen and oxygen atoms in total. The van der Waals surface area contributed by atoms with Crippen LogP contribution in [0.25, 0.3) is 10.1 Å². The highest BCUT2D eigenvalue weighted by Gasteiger charge is 2.30. The van der Waals surface area contributed by atoms with Gasteiger partial charge in [0.25, 0.3) is 5.56 Å². The molecule has 0 unspecified atom stereocenters. The monoisotopic (exact) mass is 277 g/mol. The number of hydrogen-bond donors (Lipinski definition) is 1. The zero-order valence-corrected chi connectivity index (χ0v) is 12.0. The first-order valence-corrected chi connectivity index (χ1v) is 7.68. The highest BCUT2D eigenvalue weighted by molar-refractivity contribution is 7.14. The molecule has 0 bridgehead atoms. The standard InChI is InChI=1S/C15H19NO2S/c1-11-6-5-7-12-13(11)19-16(14(12)17)10-15(18)8-3-2-4-9-15/h5-7,18H,2-4,8-10H2,1H3. The molecule has 0 spiro atoms. The summed E-state index contributed by atoms with van der Waals surface area (Å²) in [5.74, 6) is 0.